The van der Waals surface area contributed by atoms with Gasteiger partial charge in [0.2, 0.25) is 5.91 Å². The van der Waals surface area contributed by atoms with Crippen molar-refractivity contribution in [3.05, 3.63) is 95.8 Å². The van der Waals surface area contributed by atoms with Gasteiger partial charge in [-0.15, -0.1) is 0 Å². The Morgan fingerprint density at radius 2 is 1.41 bits per heavy atom. The number of halogens is 1. The van der Waals surface area contributed by atoms with E-state index in [1.165, 1.54) is 12.1 Å². The van der Waals surface area contributed by atoms with E-state index in [0.717, 1.165) is 16.7 Å². The van der Waals surface area contributed by atoms with Crippen LogP contribution in [-0.2, 0) is 11.2 Å². The molecule has 0 saturated carbocycles. The van der Waals surface area contributed by atoms with E-state index in [1.54, 1.807) is 36.4 Å². The van der Waals surface area contributed by atoms with Crippen molar-refractivity contribution in [3.8, 4) is 11.1 Å². The van der Waals surface area contributed by atoms with Gasteiger partial charge in [-0.3, -0.25) is 9.59 Å². The van der Waals surface area contributed by atoms with E-state index < -0.39 is 11.9 Å². The molecule has 0 spiro atoms. The Labute approximate surface area is 156 Å². The zero-order valence-electron chi connectivity index (χ0n) is 14.6. The second-order valence-corrected chi connectivity index (χ2v) is 6.20. The molecule has 3 N–H and O–H groups in total. The first-order valence-corrected chi connectivity index (χ1v) is 8.53. The van der Waals surface area contributed by atoms with E-state index in [9.17, 15) is 14.0 Å². The van der Waals surface area contributed by atoms with Crippen LogP contribution < -0.4 is 11.1 Å². The normalized spacial score (nSPS) is 11.6. The van der Waals surface area contributed by atoms with Gasteiger partial charge in [-0.1, -0.05) is 54.6 Å². The maximum Gasteiger partial charge on any atom is 0.251 e. The number of carbonyl (C=O) groups excluding carboxylic acids is 2. The summed E-state index contributed by atoms with van der Waals surface area (Å²) in [6.07, 6.45) is 0.329. The lowest BCUT2D eigenvalue weighted by atomic mass is 10.0. The largest absolute Gasteiger partial charge is 0.368 e. The Balaban J connectivity index is 1.70. The van der Waals surface area contributed by atoms with Crippen LogP contribution in [0.4, 0.5) is 4.39 Å². The van der Waals surface area contributed by atoms with Crippen LogP contribution in [0.5, 0.6) is 0 Å². The Hall–Kier alpha value is -3.47. The number of amides is 2. The summed E-state index contributed by atoms with van der Waals surface area (Å²) >= 11 is 0. The van der Waals surface area contributed by atoms with E-state index in [4.69, 9.17) is 5.73 Å². The van der Waals surface area contributed by atoms with Crippen LogP contribution in [0.1, 0.15) is 15.9 Å². The second-order valence-electron chi connectivity index (χ2n) is 6.20. The van der Waals surface area contributed by atoms with Crippen molar-refractivity contribution in [2.45, 2.75) is 12.5 Å². The molecular weight excluding hydrogens is 343 g/mol. The van der Waals surface area contributed by atoms with Crippen molar-refractivity contribution >= 4 is 11.8 Å². The van der Waals surface area contributed by atoms with Crippen LogP contribution >= 0.6 is 0 Å². The standard InChI is InChI=1S/C22H19FN2O2/c23-19-12-10-17(11-13-19)16-6-8-18(9-7-16)22(27)25-20(21(24)26)14-15-4-2-1-3-5-15/h1-13,20H,14H2,(H2,24,26)(H,25,27)/t20-/m0/s1. The molecular formula is C22H19FN2O2. The second kappa shape index (κ2) is 8.27. The Bertz CT molecular complexity index is 923. The maximum absolute atomic E-state index is 13.0. The van der Waals surface area contributed by atoms with Crippen LogP contribution in [0.15, 0.2) is 78.9 Å². The topological polar surface area (TPSA) is 72.2 Å². The average Bonchev–Trinajstić information content (AvgIpc) is 2.69. The van der Waals surface area contributed by atoms with E-state index >= 15 is 0 Å². The molecule has 3 aromatic carbocycles. The van der Waals surface area contributed by atoms with Crippen molar-refractivity contribution in [1.82, 2.24) is 5.32 Å². The Morgan fingerprint density at radius 3 is 1.96 bits per heavy atom. The van der Waals surface area contributed by atoms with Crippen molar-refractivity contribution in [1.29, 1.82) is 0 Å². The maximum atomic E-state index is 13.0. The Morgan fingerprint density at radius 1 is 0.852 bits per heavy atom. The first-order valence-electron chi connectivity index (χ1n) is 8.53. The fraction of sp³-hybridized carbons (Fsp3) is 0.0909. The van der Waals surface area contributed by atoms with Gasteiger partial charge in [0.05, 0.1) is 0 Å². The molecule has 5 heteroatoms. The summed E-state index contributed by atoms with van der Waals surface area (Å²) in [6, 6.07) is 21.6. The van der Waals surface area contributed by atoms with Gasteiger partial charge in [0.1, 0.15) is 11.9 Å². The Kier molecular flexibility index (Phi) is 5.61. The molecule has 0 unspecified atom stereocenters. The van der Waals surface area contributed by atoms with Gasteiger partial charge in [-0.25, -0.2) is 4.39 Å². The predicted molar refractivity (Wildman–Crippen MR) is 102 cm³/mol. The number of rotatable bonds is 6. The van der Waals surface area contributed by atoms with E-state index in [1.807, 2.05) is 30.3 Å². The van der Waals surface area contributed by atoms with E-state index in [2.05, 4.69) is 5.32 Å². The molecule has 3 aromatic rings. The molecule has 0 aliphatic rings. The molecule has 0 aliphatic heterocycles. The van der Waals surface area contributed by atoms with Crippen LogP contribution in [0.3, 0.4) is 0 Å². The third-order valence-corrected chi connectivity index (χ3v) is 4.26. The smallest absolute Gasteiger partial charge is 0.251 e. The lowest BCUT2D eigenvalue weighted by Crippen LogP contribution is -2.45. The molecule has 1 atom stereocenters. The number of primary amides is 1. The van der Waals surface area contributed by atoms with Crippen molar-refractivity contribution in [2.75, 3.05) is 0 Å². The highest BCUT2D eigenvalue weighted by Gasteiger charge is 2.19. The molecule has 2 amide bonds. The minimum Gasteiger partial charge on any atom is -0.368 e. The van der Waals surface area contributed by atoms with E-state index in [0.29, 0.717) is 12.0 Å². The molecule has 136 valence electrons. The number of benzene rings is 3. The summed E-state index contributed by atoms with van der Waals surface area (Å²) < 4.78 is 13.0. The first kappa shape index (κ1) is 18.3. The highest BCUT2D eigenvalue weighted by Crippen LogP contribution is 2.20. The van der Waals surface area contributed by atoms with Gasteiger partial charge in [0.25, 0.3) is 5.91 Å². The van der Waals surface area contributed by atoms with Gasteiger partial charge in [0.15, 0.2) is 0 Å². The summed E-state index contributed by atoms with van der Waals surface area (Å²) in [5, 5.41) is 2.68. The van der Waals surface area contributed by atoms with Gasteiger partial charge in [0, 0.05) is 12.0 Å². The number of nitrogens with one attached hydrogen (secondary N) is 1. The third kappa shape index (κ3) is 4.79. The van der Waals surface area contributed by atoms with Gasteiger partial charge >= 0.3 is 0 Å². The number of carbonyl (C=O) groups is 2. The number of nitrogens with two attached hydrogens (primary N) is 1. The SMILES string of the molecule is NC(=O)[C@H](Cc1ccccc1)NC(=O)c1ccc(-c2ccc(F)cc2)cc1. The summed E-state index contributed by atoms with van der Waals surface area (Å²) in [6.45, 7) is 0. The summed E-state index contributed by atoms with van der Waals surface area (Å²) in [7, 11) is 0. The average molecular weight is 362 g/mol. The molecule has 0 fully saturated rings. The summed E-state index contributed by atoms with van der Waals surface area (Å²) in [5.74, 6) is -1.26. The van der Waals surface area contributed by atoms with Crippen molar-refractivity contribution < 1.29 is 14.0 Å². The fourth-order valence-corrected chi connectivity index (χ4v) is 2.77. The predicted octanol–water partition coefficient (Wildman–Crippen LogP) is 3.32. The number of hydrogen-bond donors (Lipinski definition) is 2. The van der Waals surface area contributed by atoms with Crippen LogP contribution in [0.2, 0.25) is 0 Å². The molecule has 0 bridgehead atoms. The number of hydrogen-bond acceptors (Lipinski definition) is 2. The third-order valence-electron chi connectivity index (χ3n) is 4.26. The molecule has 0 saturated heterocycles. The minimum absolute atomic E-state index is 0.300. The molecule has 0 aromatic heterocycles. The molecule has 0 radical (unpaired) electrons. The summed E-state index contributed by atoms with van der Waals surface area (Å²) in [4.78, 5) is 24.2. The lowest BCUT2D eigenvalue weighted by molar-refractivity contribution is -0.119. The quantitative estimate of drug-likeness (QED) is 0.706. The molecule has 0 aliphatic carbocycles. The van der Waals surface area contributed by atoms with Crippen LogP contribution in [-0.4, -0.2) is 17.9 Å². The van der Waals surface area contributed by atoms with E-state index in [-0.39, 0.29) is 11.7 Å². The molecule has 27 heavy (non-hydrogen) atoms. The monoisotopic (exact) mass is 362 g/mol. The van der Waals surface area contributed by atoms with Crippen molar-refractivity contribution in [2.24, 2.45) is 5.73 Å². The molecule has 3 rings (SSSR count). The van der Waals surface area contributed by atoms with Crippen LogP contribution in [0, 0.1) is 5.82 Å². The van der Waals surface area contributed by atoms with Crippen LogP contribution in [0.25, 0.3) is 11.1 Å². The minimum atomic E-state index is -0.795. The van der Waals surface area contributed by atoms with Crippen molar-refractivity contribution in [3.63, 3.8) is 0 Å². The zero-order chi connectivity index (χ0) is 19.2. The summed E-state index contributed by atoms with van der Waals surface area (Å²) in [5.41, 5.74) is 8.48. The molecule has 0 heterocycles. The lowest BCUT2D eigenvalue weighted by Gasteiger charge is -2.16. The fourth-order valence-electron chi connectivity index (χ4n) is 2.77. The van der Waals surface area contributed by atoms with Gasteiger partial charge in [-0.2, -0.15) is 0 Å². The highest BCUT2D eigenvalue weighted by molar-refractivity contribution is 5.97. The molecule has 4 nitrogen and oxygen atoms in total. The highest BCUT2D eigenvalue weighted by atomic mass is 19.1. The van der Waals surface area contributed by atoms with Gasteiger partial charge in [-0.05, 0) is 41.0 Å². The first-order chi connectivity index (χ1) is 13.0. The zero-order valence-corrected chi connectivity index (χ0v) is 14.6. The van der Waals surface area contributed by atoms with Gasteiger partial charge < -0.3 is 11.1 Å².